The summed E-state index contributed by atoms with van der Waals surface area (Å²) >= 11 is 8.71. The minimum absolute atomic E-state index is 0.00523. The van der Waals surface area contributed by atoms with E-state index in [1.54, 1.807) is 55.1 Å². The lowest BCUT2D eigenvalue weighted by Crippen LogP contribution is -2.46. The van der Waals surface area contributed by atoms with E-state index in [9.17, 15) is 24.3 Å². The van der Waals surface area contributed by atoms with E-state index in [1.165, 1.54) is 18.4 Å². The van der Waals surface area contributed by atoms with E-state index < -0.39 is 23.8 Å². The van der Waals surface area contributed by atoms with E-state index in [-0.39, 0.29) is 51.4 Å². The number of aromatic nitrogens is 1. The summed E-state index contributed by atoms with van der Waals surface area (Å²) in [5, 5.41) is 14.4. The lowest BCUT2D eigenvalue weighted by atomic mass is 9.68. The molecule has 1 aromatic heterocycles. The highest BCUT2D eigenvalue weighted by molar-refractivity contribution is 8.00. The molecule has 1 saturated heterocycles. The number of thioether (sulfide) groups is 1. The van der Waals surface area contributed by atoms with Gasteiger partial charge >= 0.3 is 4.87 Å². The molecule has 41 heavy (non-hydrogen) atoms. The molecule has 8 atom stereocenters. The van der Waals surface area contributed by atoms with E-state index in [1.807, 2.05) is 6.07 Å². The first kappa shape index (κ1) is 26.6. The Balaban J connectivity index is 1.22. The van der Waals surface area contributed by atoms with Crippen LogP contribution in [0.25, 0.3) is 0 Å². The SMILES string of the molecule is COc1cc(C2c3sc(=O)[nH]c3SC3C4CC(C5C(=O)N(C(C)C(=O)Nc6ccc(Cl)cc6)C(=O)C45)C23)ccc1O. The number of phenolic OH excluding ortho intramolecular Hbond substituents is 1. The number of rotatable bonds is 5. The van der Waals surface area contributed by atoms with Crippen LogP contribution in [0.5, 0.6) is 11.5 Å². The largest absolute Gasteiger partial charge is 0.504 e. The maximum atomic E-state index is 13.9. The number of amides is 3. The molecule has 3 N–H and O–H groups in total. The van der Waals surface area contributed by atoms with Crippen LogP contribution in [0.4, 0.5) is 5.69 Å². The minimum atomic E-state index is -0.972. The fourth-order valence-electron chi connectivity index (χ4n) is 7.58. The molecule has 4 aliphatic rings. The number of thiazole rings is 1. The van der Waals surface area contributed by atoms with Gasteiger partial charge in [-0.1, -0.05) is 29.0 Å². The van der Waals surface area contributed by atoms with Gasteiger partial charge in [-0.05, 0) is 73.1 Å². The highest BCUT2D eigenvalue weighted by Gasteiger charge is 2.70. The number of phenols is 1. The molecule has 3 aromatic rings. The Labute approximate surface area is 248 Å². The third kappa shape index (κ3) is 3.96. The van der Waals surface area contributed by atoms with Crippen LogP contribution < -0.4 is 14.9 Å². The number of hydrogen-bond donors (Lipinski definition) is 3. The fourth-order valence-corrected chi connectivity index (χ4v) is 10.6. The Morgan fingerprint density at radius 3 is 2.54 bits per heavy atom. The van der Waals surface area contributed by atoms with Crippen LogP contribution in [0.15, 0.2) is 52.3 Å². The van der Waals surface area contributed by atoms with Gasteiger partial charge in [0.2, 0.25) is 17.7 Å². The Bertz CT molecular complexity index is 1650. The maximum absolute atomic E-state index is 13.9. The predicted molar refractivity (Wildman–Crippen MR) is 155 cm³/mol. The van der Waals surface area contributed by atoms with Gasteiger partial charge in [-0.2, -0.15) is 0 Å². The quantitative estimate of drug-likeness (QED) is 0.367. The Morgan fingerprint density at radius 2 is 1.83 bits per heavy atom. The molecule has 8 unspecified atom stereocenters. The van der Waals surface area contributed by atoms with Gasteiger partial charge in [-0.15, -0.1) is 11.8 Å². The number of nitrogens with zero attached hydrogens (tertiary/aromatic N) is 1. The second-order valence-electron chi connectivity index (χ2n) is 11.1. The molecular formula is C29H26ClN3O6S2. The van der Waals surface area contributed by atoms with Crippen LogP contribution in [0.1, 0.15) is 29.7 Å². The molecule has 0 radical (unpaired) electrons. The number of anilines is 1. The van der Waals surface area contributed by atoms with Crippen molar-refractivity contribution in [2.75, 3.05) is 12.4 Å². The van der Waals surface area contributed by atoms with E-state index in [0.29, 0.717) is 16.5 Å². The van der Waals surface area contributed by atoms with Gasteiger partial charge in [0.15, 0.2) is 11.5 Å². The molecule has 2 saturated carbocycles. The van der Waals surface area contributed by atoms with Crippen LogP contribution in [-0.2, 0) is 14.4 Å². The Kier molecular flexibility index (Phi) is 6.26. The summed E-state index contributed by atoms with van der Waals surface area (Å²) in [6.45, 7) is 1.58. The lowest BCUT2D eigenvalue weighted by molar-refractivity contribution is -0.146. The zero-order valence-corrected chi connectivity index (χ0v) is 24.4. The summed E-state index contributed by atoms with van der Waals surface area (Å²) in [5.41, 5.74) is 1.42. The molecule has 9 nitrogen and oxygen atoms in total. The molecule has 2 aliphatic heterocycles. The molecule has 2 aliphatic carbocycles. The summed E-state index contributed by atoms with van der Waals surface area (Å²) in [7, 11) is 1.49. The molecule has 212 valence electrons. The number of nitrogens with one attached hydrogen (secondary N) is 2. The molecule has 2 bridgehead atoms. The maximum Gasteiger partial charge on any atom is 0.305 e. The van der Waals surface area contributed by atoms with Crippen molar-refractivity contribution in [1.82, 2.24) is 9.88 Å². The predicted octanol–water partition coefficient (Wildman–Crippen LogP) is 4.30. The van der Waals surface area contributed by atoms with Gasteiger partial charge in [0.25, 0.3) is 0 Å². The number of imide groups is 1. The van der Waals surface area contributed by atoms with Crippen molar-refractivity contribution in [3.8, 4) is 11.5 Å². The first-order chi connectivity index (χ1) is 19.7. The number of carbonyl (C=O) groups is 3. The van der Waals surface area contributed by atoms with Crippen LogP contribution in [0.3, 0.4) is 0 Å². The Hall–Kier alpha value is -3.28. The number of aromatic amines is 1. The zero-order chi connectivity index (χ0) is 28.7. The highest BCUT2D eigenvalue weighted by Crippen LogP contribution is 2.68. The molecule has 7 rings (SSSR count). The number of likely N-dealkylation sites (tertiary alicyclic amines) is 1. The Morgan fingerprint density at radius 1 is 1.12 bits per heavy atom. The van der Waals surface area contributed by atoms with Crippen molar-refractivity contribution in [2.24, 2.45) is 29.6 Å². The van der Waals surface area contributed by atoms with Gasteiger partial charge < -0.3 is 20.1 Å². The molecule has 3 fully saturated rings. The number of ether oxygens (including phenoxy) is 1. The second-order valence-corrected chi connectivity index (χ2v) is 13.7. The van der Waals surface area contributed by atoms with Gasteiger partial charge in [0.05, 0.1) is 24.0 Å². The van der Waals surface area contributed by atoms with Gasteiger partial charge in [0, 0.05) is 26.8 Å². The average molecular weight is 612 g/mol. The first-order valence-electron chi connectivity index (χ1n) is 13.4. The minimum Gasteiger partial charge on any atom is -0.504 e. The van der Waals surface area contributed by atoms with Crippen LogP contribution in [0, 0.1) is 29.6 Å². The van der Waals surface area contributed by atoms with Gasteiger partial charge in [-0.25, -0.2) is 0 Å². The number of hydrogen-bond acceptors (Lipinski definition) is 8. The second kappa shape index (κ2) is 9.64. The molecule has 0 spiro atoms. The van der Waals surface area contributed by atoms with Crippen molar-refractivity contribution in [2.45, 2.75) is 35.6 Å². The van der Waals surface area contributed by atoms with Crippen molar-refractivity contribution in [3.05, 3.63) is 67.6 Å². The third-order valence-corrected chi connectivity index (χ3v) is 12.0. The number of H-pyrrole nitrogens is 1. The summed E-state index contributed by atoms with van der Waals surface area (Å²) < 4.78 is 5.38. The van der Waals surface area contributed by atoms with E-state index in [0.717, 1.165) is 26.8 Å². The standard InChI is InChI=1S/C29H26ClN3O6S2/c1-11(25(35)31-14-6-4-13(30)5-7-14)33-27(36)21-15-10-16(22(21)28(33)37)23-20(15)19(24-26(40-23)32-29(38)41-24)12-3-8-17(34)18(9-12)39-2/h3-9,11,15-16,19-23,34H,10H2,1-2H3,(H,31,35)(H,32,38). The number of carbonyl (C=O) groups excluding carboxylic acids is 3. The van der Waals surface area contributed by atoms with Crippen LogP contribution in [-0.4, -0.2) is 51.1 Å². The number of aromatic hydroxyl groups is 1. The van der Waals surface area contributed by atoms with Gasteiger partial charge in [-0.3, -0.25) is 24.1 Å². The van der Waals surface area contributed by atoms with Crippen molar-refractivity contribution < 1.29 is 24.2 Å². The third-order valence-electron chi connectivity index (χ3n) is 9.20. The van der Waals surface area contributed by atoms with Gasteiger partial charge in [0.1, 0.15) is 6.04 Å². The van der Waals surface area contributed by atoms with Crippen LogP contribution >= 0.6 is 34.7 Å². The first-order valence-corrected chi connectivity index (χ1v) is 15.4. The van der Waals surface area contributed by atoms with Crippen LogP contribution in [0.2, 0.25) is 5.02 Å². The van der Waals surface area contributed by atoms with E-state index >= 15 is 0 Å². The number of halogens is 1. The number of methoxy groups -OCH3 is 1. The van der Waals surface area contributed by atoms with Crippen molar-refractivity contribution >= 4 is 58.1 Å². The number of benzene rings is 2. The summed E-state index contributed by atoms with van der Waals surface area (Å²) in [4.78, 5) is 58.3. The lowest BCUT2D eigenvalue weighted by Gasteiger charge is -2.43. The topological polar surface area (TPSA) is 129 Å². The normalized spacial score (nSPS) is 30.1. The number of fused-ring (bicyclic) bond motifs is 9. The smallest absolute Gasteiger partial charge is 0.305 e. The molecule has 3 amide bonds. The van der Waals surface area contributed by atoms with E-state index in [4.69, 9.17) is 16.3 Å². The molecular weight excluding hydrogens is 586 g/mol. The molecule has 2 aromatic carbocycles. The summed E-state index contributed by atoms with van der Waals surface area (Å²) in [6.07, 6.45) is 0.735. The van der Waals surface area contributed by atoms with Crippen molar-refractivity contribution in [1.29, 1.82) is 0 Å². The fraction of sp³-hybridized carbons (Fsp3) is 0.379. The molecule has 3 heterocycles. The summed E-state index contributed by atoms with van der Waals surface area (Å²) in [5.74, 6) is -2.05. The average Bonchev–Trinajstić information content (AvgIpc) is 3.68. The highest BCUT2D eigenvalue weighted by atomic mass is 35.5. The summed E-state index contributed by atoms with van der Waals surface area (Å²) in [6, 6.07) is 10.9. The zero-order valence-electron chi connectivity index (χ0n) is 22.0. The monoisotopic (exact) mass is 611 g/mol. The van der Waals surface area contributed by atoms with Crippen molar-refractivity contribution in [3.63, 3.8) is 0 Å². The molecule has 12 heteroatoms. The van der Waals surface area contributed by atoms with E-state index in [2.05, 4.69) is 10.3 Å².